The number of anilines is 1. The van der Waals surface area contributed by atoms with Crippen LogP contribution in [0, 0.1) is 0 Å². The standard InChI is InChI=1S/C16H13N3O2/c20-14-9-13(16(21)12-6-2-1-5-11(12)14)18-10-19-15-7-3-4-8-17-15/h1-8H,9-10H2,(H,17,19). The first-order valence-electron chi connectivity index (χ1n) is 6.61. The second kappa shape index (κ2) is 5.66. The van der Waals surface area contributed by atoms with E-state index in [0.717, 1.165) is 0 Å². The number of nitrogens with one attached hydrogen (secondary N) is 1. The number of carbonyl (C=O) groups is 2. The van der Waals surface area contributed by atoms with Crippen LogP contribution >= 0.6 is 0 Å². The molecule has 1 N–H and O–H groups in total. The molecule has 0 saturated heterocycles. The number of pyridine rings is 1. The van der Waals surface area contributed by atoms with Crippen molar-refractivity contribution in [1.82, 2.24) is 4.98 Å². The van der Waals surface area contributed by atoms with E-state index < -0.39 is 0 Å². The third-order valence-corrected chi connectivity index (χ3v) is 3.26. The van der Waals surface area contributed by atoms with E-state index in [1.165, 1.54) is 0 Å². The van der Waals surface area contributed by atoms with Gasteiger partial charge in [0.05, 0.1) is 12.1 Å². The highest BCUT2D eigenvalue weighted by Crippen LogP contribution is 2.19. The summed E-state index contributed by atoms with van der Waals surface area (Å²) in [4.78, 5) is 32.6. The molecule has 0 fully saturated rings. The van der Waals surface area contributed by atoms with Crippen LogP contribution in [0.15, 0.2) is 53.7 Å². The fourth-order valence-corrected chi connectivity index (χ4v) is 2.22. The SMILES string of the molecule is O=C1CC(=NCNc2ccccn2)C(=O)c2ccccc21. The molecular weight excluding hydrogens is 266 g/mol. The predicted molar refractivity (Wildman–Crippen MR) is 79.9 cm³/mol. The van der Waals surface area contributed by atoms with Gasteiger partial charge in [-0.3, -0.25) is 14.6 Å². The largest absolute Gasteiger partial charge is 0.351 e. The monoisotopic (exact) mass is 279 g/mol. The van der Waals surface area contributed by atoms with E-state index in [1.807, 2.05) is 18.2 Å². The molecule has 0 bridgehead atoms. The Labute approximate surface area is 121 Å². The number of aromatic nitrogens is 1. The maximum absolute atomic E-state index is 12.3. The van der Waals surface area contributed by atoms with Gasteiger partial charge in [-0.2, -0.15) is 0 Å². The Bertz CT molecular complexity index is 723. The molecule has 1 aromatic heterocycles. The lowest BCUT2D eigenvalue weighted by Gasteiger charge is -2.15. The van der Waals surface area contributed by atoms with Gasteiger partial charge in [0.2, 0.25) is 5.78 Å². The van der Waals surface area contributed by atoms with E-state index >= 15 is 0 Å². The van der Waals surface area contributed by atoms with Crippen molar-refractivity contribution in [2.75, 3.05) is 12.0 Å². The van der Waals surface area contributed by atoms with Crippen LogP contribution in [-0.4, -0.2) is 28.9 Å². The van der Waals surface area contributed by atoms with Gasteiger partial charge < -0.3 is 5.32 Å². The minimum Gasteiger partial charge on any atom is -0.351 e. The van der Waals surface area contributed by atoms with Crippen molar-refractivity contribution in [2.24, 2.45) is 4.99 Å². The third-order valence-electron chi connectivity index (χ3n) is 3.26. The van der Waals surface area contributed by atoms with E-state index in [0.29, 0.717) is 22.7 Å². The number of carbonyl (C=O) groups excluding carboxylic acids is 2. The van der Waals surface area contributed by atoms with E-state index in [4.69, 9.17) is 0 Å². The summed E-state index contributed by atoms with van der Waals surface area (Å²) in [6, 6.07) is 12.3. The molecule has 21 heavy (non-hydrogen) atoms. The van der Waals surface area contributed by atoms with Crippen LogP contribution in [0.3, 0.4) is 0 Å². The number of hydrogen-bond acceptors (Lipinski definition) is 5. The minimum atomic E-state index is -0.173. The molecule has 2 aromatic rings. The maximum atomic E-state index is 12.3. The zero-order valence-corrected chi connectivity index (χ0v) is 11.2. The number of fused-ring (bicyclic) bond motifs is 1. The molecule has 5 heteroatoms. The topological polar surface area (TPSA) is 71.4 Å². The van der Waals surface area contributed by atoms with Crippen molar-refractivity contribution >= 4 is 23.1 Å². The fourth-order valence-electron chi connectivity index (χ4n) is 2.22. The second-order valence-corrected chi connectivity index (χ2v) is 4.63. The molecule has 1 heterocycles. The molecule has 0 radical (unpaired) electrons. The Morgan fingerprint density at radius 2 is 1.81 bits per heavy atom. The normalized spacial score (nSPS) is 15.9. The van der Waals surface area contributed by atoms with Gasteiger partial charge in [-0.05, 0) is 12.1 Å². The fraction of sp³-hybridized carbons (Fsp3) is 0.125. The highest BCUT2D eigenvalue weighted by atomic mass is 16.1. The first-order valence-corrected chi connectivity index (χ1v) is 6.61. The van der Waals surface area contributed by atoms with Gasteiger partial charge in [-0.1, -0.05) is 30.3 Å². The maximum Gasteiger partial charge on any atom is 0.208 e. The molecule has 5 nitrogen and oxygen atoms in total. The van der Waals surface area contributed by atoms with Crippen molar-refractivity contribution in [3.8, 4) is 0 Å². The molecule has 0 amide bonds. The van der Waals surface area contributed by atoms with Gasteiger partial charge in [0.25, 0.3) is 0 Å². The molecule has 1 aromatic carbocycles. The third kappa shape index (κ3) is 2.72. The summed E-state index contributed by atoms with van der Waals surface area (Å²) in [6.45, 7) is 0.216. The van der Waals surface area contributed by atoms with Crippen molar-refractivity contribution in [3.05, 3.63) is 59.8 Å². The van der Waals surface area contributed by atoms with Gasteiger partial charge in [-0.25, -0.2) is 4.98 Å². The van der Waals surface area contributed by atoms with Crippen molar-refractivity contribution < 1.29 is 9.59 Å². The van der Waals surface area contributed by atoms with Crippen LogP contribution in [0.1, 0.15) is 27.1 Å². The number of aliphatic imine (C=N–C) groups is 1. The quantitative estimate of drug-likeness (QED) is 0.936. The van der Waals surface area contributed by atoms with E-state index in [2.05, 4.69) is 15.3 Å². The molecule has 0 atom stereocenters. The Balaban J connectivity index is 1.76. The Morgan fingerprint density at radius 3 is 2.57 bits per heavy atom. The van der Waals surface area contributed by atoms with Crippen LogP contribution < -0.4 is 5.32 Å². The molecule has 0 saturated carbocycles. The number of nitrogens with zero attached hydrogens (tertiary/aromatic N) is 2. The van der Waals surface area contributed by atoms with Crippen LogP contribution in [0.4, 0.5) is 5.82 Å². The zero-order chi connectivity index (χ0) is 14.7. The number of hydrogen-bond donors (Lipinski definition) is 1. The Kier molecular flexibility index (Phi) is 3.55. The van der Waals surface area contributed by atoms with E-state index in [-0.39, 0.29) is 24.7 Å². The number of rotatable bonds is 3. The van der Waals surface area contributed by atoms with Crippen molar-refractivity contribution in [2.45, 2.75) is 6.42 Å². The van der Waals surface area contributed by atoms with Gasteiger partial charge in [0.15, 0.2) is 5.78 Å². The minimum absolute atomic E-state index is 0.0553. The number of benzene rings is 1. The van der Waals surface area contributed by atoms with Crippen molar-refractivity contribution in [1.29, 1.82) is 0 Å². The molecule has 0 spiro atoms. The highest BCUT2D eigenvalue weighted by molar-refractivity contribution is 6.52. The molecule has 1 aliphatic carbocycles. The summed E-state index contributed by atoms with van der Waals surface area (Å²) in [5, 5.41) is 2.99. The van der Waals surface area contributed by atoms with Gasteiger partial charge in [0.1, 0.15) is 12.5 Å². The van der Waals surface area contributed by atoms with Gasteiger partial charge >= 0.3 is 0 Å². The lowest BCUT2D eigenvalue weighted by Crippen LogP contribution is -2.27. The summed E-state index contributed by atoms with van der Waals surface area (Å²) >= 11 is 0. The number of Topliss-reactive ketones (excluding diaryl/α,β-unsaturated/α-hetero) is 2. The first kappa shape index (κ1) is 13.2. The predicted octanol–water partition coefficient (Wildman–Crippen LogP) is 2.36. The van der Waals surface area contributed by atoms with Crippen molar-refractivity contribution in [3.63, 3.8) is 0 Å². The van der Waals surface area contributed by atoms with Crippen LogP contribution in [0.5, 0.6) is 0 Å². The Hall–Kier alpha value is -2.82. The molecule has 1 aliphatic rings. The molecule has 0 aliphatic heterocycles. The van der Waals surface area contributed by atoms with Crippen LogP contribution in [-0.2, 0) is 0 Å². The summed E-state index contributed by atoms with van der Waals surface area (Å²) in [7, 11) is 0. The summed E-state index contributed by atoms with van der Waals surface area (Å²) in [6.07, 6.45) is 1.72. The summed E-state index contributed by atoms with van der Waals surface area (Å²) < 4.78 is 0. The average molecular weight is 279 g/mol. The second-order valence-electron chi connectivity index (χ2n) is 4.63. The molecule has 104 valence electrons. The molecule has 0 unspecified atom stereocenters. The van der Waals surface area contributed by atoms with E-state index in [9.17, 15) is 9.59 Å². The van der Waals surface area contributed by atoms with E-state index in [1.54, 1.807) is 30.5 Å². The lowest BCUT2D eigenvalue weighted by molar-refractivity contribution is 0.0964. The molecular formula is C16H13N3O2. The Morgan fingerprint density at radius 1 is 1.05 bits per heavy atom. The number of ketones is 2. The van der Waals surface area contributed by atoms with Gasteiger partial charge in [0, 0.05) is 17.3 Å². The first-order chi connectivity index (χ1) is 10.3. The molecule has 3 rings (SSSR count). The smallest absolute Gasteiger partial charge is 0.208 e. The zero-order valence-electron chi connectivity index (χ0n) is 11.2. The summed E-state index contributed by atoms with van der Waals surface area (Å²) in [5.74, 6) is 0.437. The van der Waals surface area contributed by atoms with Crippen LogP contribution in [0.2, 0.25) is 0 Å². The summed E-state index contributed by atoms with van der Waals surface area (Å²) in [5.41, 5.74) is 1.21. The average Bonchev–Trinajstić information content (AvgIpc) is 2.53. The van der Waals surface area contributed by atoms with Gasteiger partial charge in [-0.15, -0.1) is 0 Å². The van der Waals surface area contributed by atoms with Crippen LogP contribution in [0.25, 0.3) is 0 Å². The highest BCUT2D eigenvalue weighted by Gasteiger charge is 2.28. The lowest BCUT2D eigenvalue weighted by atomic mass is 9.88.